The zero-order valence-electron chi connectivity index (χ0n) is 14.7. The summed E-state index contributed by atoms with van der Waals surface area (Å²) in [6.07, 6.45) is 2.38. The Kier molecular flexibility index (Phi) is 4.72. The van der Waals surface area contributed by atoms with Crippen molar-refractivity contribution < 1.29 is 14.0 Å². The molecular formula is C18H28BNO3. The third-order valence-electron chi connectivity index (χ3n) is 5.33. The third kappa shape index (κ3) is 3.73. The van der Waals surface area contributed by atoms with E-state index in [9.17, 15) is 0 Å². The Morgan fingerprint density at radius 3 is 2.43 bits per heavy atom. The molecule has 1 N–H and O–H groups in total. The first kappa shape index (κ1) is 16.8. The van der Waals surface area contributed by atoms with Gasteiger partial charge in [-0.1, -0.05) is 12.1 Å². The molecule has 0 radical (unpaired) electrons. The van der Waals surface area contributed by atoms with E-state index in [0.29, 0.717) is 5.92 Å². The number of hydrogen-bond donors (Lipinski definition) is 1. The first-order valence-corrected chi connectivity index (χ1v) is 8.66. The lowest BCUT2D eigenvalue weighted by Crippen LogP contribution is -2.41. The highest BCUT2D eigenvalue weighted by molar-refractivity contribution is 6.62. The molecule has 2 aliphatic rings. The molecule has 0 spiro atoms. The molecule has 1 aromatic rings. The minimum atomic E-state index is -0.331. The van der Waals surface area contributed by atoms with Crippen molar-refractivity contribution in [1.82, 2.24) is 5.32 Å². The molecule has 0 bridgehead atoms. The van der Waals surface area contributed by atoms with Gasteiger partial charge in [0.2, 0.25) is 0 Å². The lowest BCUT2D eigenvalue weighted by Gasteiger charge is -2.32. The molecule has 0 unspecified atom stereocenters. The van der Waals surface area contributed by atoms with Crippen LogP contribution in [0.5, 0.6) is 5.75 Å². The molecule has 2 saturated heterocycles. The van der Waals surface area contributed by atoms with Gasteiger partial charge in [0.25, 0.3) is 0 Å². The Balaban J connectivity index is 1.63. The van der Waals surface area contributed by atoms with Gasteiger partial charge in [-0.25, -0.2) is 0 Å². The van der Waals surface area contributed by atoms with Crippen LogP contribution in [0.25, 0.3) is 0 Å². The van der Waals surface area contributed by atoms with Gasteiger partial charge in [0, 0.05) is 0 Å². The summed E-state index contributed by atoms with van der Waals surface area (Å²) in [4.78, 5) is 0. The van der Waals surface area contributed by atoms with Gasteiger partial charge in [0.15, 0.2) is 0 Å². The van der Waals surface area contributed by atoms with Gasteiger partial charge in [-0.15, -0.1) is 0 Å². The molecule has 3 rings (SSSR count). The summed E-state index contributed by atoms with van der Waals surface area (Å²) >= 11 is 0. The van der Waals surface area contributed by atoms with Crippen LogP contribution >= 0.6 is 0 Å². The van der Waals surface area contributed by atoms with E-state index in [1.165, 1.54) is 12.8 Å². The molecule has 2 aliphatic heterocycles. The summed E-state index contributed by atoms with van der Waals surface area (Å²) in [5, 5.41) is 3.39. The summed E-state index contributed by atoms with van der Waals surface area (Å²) in [5.41, 5.74) is 0.388. The van der Waals surface area contributed by atoms with Crippen LogP contribution in [0.15, 0.2) is 24.3 Å². The molecule has 0 aliphatic carbocycles. The van der Waals surface area contributed by atoms with Gasteiger partial charge < -0.3 is 19.4 Å². The highest BCUT2D eigenvalue weighted by Crippen LogP contribution is 2.36. The minimum absolute atomic E-state index is 0.316. The maximum Gasteiger partial charge on any atom is 0.494 e. The largest absolute Gasteiger partial charge is 0.494 e. The normalized spacial score (nSPS) is 23.9. The number of benzene rings is 1. The molecule has 4 nitrogen and oxygen atoms in total. The van der Waals surface area contributed by atoms with Crippen LogP contribution in [0, 0.1) is 5.92 Å². The van der Waals surface area contributed by atoms with Crippen LogP contribution in [0.2, 0.25) is 0 Å². The number of ether oxygens (including phenoxy) is 1. The quantitative estimate of drug-likeness (QED) is 0.866. The number of rotatable bonds is 4. The first-order valence-electron chi connectivity index (χ1n) is 8.66. The summed E-state index contributed by atoms with van der Waals surface area (Å²) < 4.78 is 18.2. The molecule has 2 heterocycles. The summed E-state index contributed by atoms with van der Waals surface area (Å²) in [7, 11) is -0.331. The maximum atomic E-state index is 6.11. The topological polar surface area (TPSA) is 39.7 Å². The highest BCUT2D eigenvalue weighted by atomic mass is 16.7. The maximum absolute atomic E-state index is 6.11. The standard InChI is InChI=1S/C18H28BNO3/c1-17(2)18(3,4)23-19(22-17)15-6-5-7-16(12-15)21-13-14-8-10-20-11-9-14/h5-7,12,14,20H,8-11,13H2,1-4H3. The Morgan fingerprint density at radius 2 is 1.78 bits per heavy atom. The molecule has 2 fully saturated rings. The molecule has 5 heteroatoms. The number of nitrogens with one attached hydrogen (secondary N) is 1. The Bertz CT molecular complexity index is 525. The molecule has 1 aromatic carbocycles. The Morgan fingerprint density at radius 1 is 1.13 bits per heavy atom. The fraction of sp³-hybridized carbons (Fsp3) is 0.667. The Hall–Kier alpha value is -1.04. The molecule has 126 valence electrons. The van der Waals surface area contributed by atoms with E-state index in [1.807, 2.05) is 24.3 Å². The SMILES string of the molecule is CC1(C)OB(c2cccc(OCC3CCNCC3)c2)OC1(C)C. The van der Waals surface area contributed by atoms with Gasteiger partial charge >= 0.3 is 7.12 Å². The van der Waals surface area contributed by atoms with Crippen LogP contribution in [-0.4, -0.2) is 38.0 Å². The van der Waals surface area contributed by atoms with Gasteiger partial charge in [0.05, 0.1) is 17.8 Å². The lowest BCUT2D eigenvalue weighted by atomic mass is 9.79. The van der Waals surface area contributed by atoms with Crippen molar-refractivity contribution in [1.29, 1.82) is 0 Å². The highest BCUT2D eigenvalue weighted by Gasteiger charge is 2.51. The van der Waals surface area contributed by atoms with Gasteiger partial charge in [0.1, 0.15) is 5.75 Å². The minimum Gasteiger partial charge on any atom is -0.493 e. The second kappa shape index (κ2) is 6.46. The number of hydrogen-bond acceptors (Lipinski definition) is 4. The van der Waals surface area contributed by atoms with Crippen LogP contribution in [0.4, 0.5) is 0 Å². The predicted octanol–water partition coefficient (Wildman–Crippen LogP) is 2.36. The van der Waals surface area contributed by atoms with E-state index in [1.54, 1.807) is 0 Å². The van der Waals surface area contributed by atoms with Crippen molar-refractivity contribution in [2.45, 2.75) is 51.7 Å². The summed E-state index contributed by atoms with van der Waals surface area (Å²) in [6.45, 7) is 11.3. The lowest BCUT2D eigenvalue weighted by molar-refractivity contribution is 0.00578. The molecule has 0 aromatic heterocycles. The van der Waals surface area contributed by atoms with E-state index in [4.69, 9.17) is 14.0 Å². The zero-order valence-corrected chi connectivity index (χ0v) is 14.7. The van der Waals surface area contributed by atoms with Crippen LogP contribution in [0.1, 0.15) is 40.5 Å². The summed E-state index contributed by atoms with van der Waals surface area (Å²) in [6, 6.07) is 8.11. The predicted molar refractivity (Wildman–Crippen MR) is 93.2 cm³/mol. The van der Waals surface area contributed by atoms with Gasteiger partial charge in [-0.2, -0.15) is 0 Å². The van der Waals surface area contributed by atoms with Gasteiger partial charge in [-0.3, -0.25) is 0 Å². The third-order valence-corrected chi connectivity index (χ3v) is 5.33. The Labute approximate surface area is 140 Å². The average Bonchev–Trinajstić information content (AvgIpc) is 2.75. The molecule has 0 atom stereocenters. The van der Waals surface area contributed by atoms with E-state index in [0.717, 1.165) is 30.9 Å². The molecular weight excluding hydrogens is 289 g/mol. The smallest absolute Gasteiger partial charge is 0.493 e. The van der Waals surface area contributed by atoms with E-state index in [2.05, 4.69) is 33.0 Å². The van der Waals surface area contributed by atoms with Crippen molar-refractivity contribution in [3.8, 4) is 5.75 Å². The zero-order chi connectivity index (χ0) is 16.5. The van der Waals surface area contributed by atoms with Gasteiger partial charge in [-0.05, 0) is 77.1 Å². The first-order chi connectivity index (χ1) is 10.9. The number of piperidine rings is 1. The van der Waals surface area contributed by atoms with Crippen molar-refractivity contribution in [3.05, 3.63) is 24.3 Å². The second-order valence-corrected chi connectivity index (χ2v) is 7.67. The fourth-order valence-corrected chi connectivity index (χ4v) is 2.99. The van der Waals surface area contributed by atoms with E-state index < -0.39 is 0 Å². The molecule has 23 heavy (non-hydrogen) atoms. The van der Waals surface area contributed by atoms with Crippen LogP contribution in [0.3, 0.4) is 0 Å². The monoisotopic (exact) mass is 317 g/mol. The van der Waals surface area contributed by atoms with Crippen LogP contribution in [-0.2, 0) is 9.31 Å². The van der Waals surface area contributed by atoms with Crippen molar-refractivity contribution in [2.75, 3.05) is 19.7 Å². The van der Waals surface area contributed by atoms with Crippen molar-refractivity contribution in [3.63, 3.8) is 0 Å². The summed E-state index contributed by atoms with van der Waals surface area (Å²) in [5.74, 6) is 1.55. The molecule has 0 saturated carbocycles. The van der Waals surface area contributed by atoms with Crippen molar-refractivity contribution in [2.24, 2.45) is 5.92 Å². The fourth-order valence-electron chi connectivity index (χ4n) is 2.99. The van der Waals surface area contributed by atoms with Crippen molar-refractivity contribution >= 4 is 12.6 Å². The van der Waals surface area contributed by atoms with Crippen LogP contribution < -0.4 is 15.5 Å². The second-order valence-electron chi connectivity index (χ2n) is 7.67. The molecule has 0 amide bonds. The van der Waals surface area contributed by atoms with E-state index >= 15 is 0 Å². The van der Waals surface area contributed by atoms with E-state index in [-0.39, 0.29) is 18.3 Å². The average molecular weight is 317 g/mol.